The first-order valence-electron chi connectivity index (χ1n) is 8.54. The van der Waals surface area contributed by atoms with E-state index in [1.54, 1.807) is 18.3 Å². The van der Waals surface area contributed by atoms with Gasteiger partial charge in [-0.3, -0.25) is 4.98 Å². The SMILES string of the molecule is O=C(/C=C/c1cccc2cccnc12)OCc1cc(=O)oc2cc(O)ccc12. The van der Waals surface area contributed by atoms with Crippen LogP contribution in [0.4, 0.5) is 0 Å². The second-order valence-corrected chi connectivity index (χ2v) is 6.13. The zero-order valence-corrected chi connectivity index (χ0v) is 14.7. The minimum Gasteiger partial charge on any atom is -0.508 e. The fraction of sp³-hybridized carbons (Fsp3) is 0.0455. The zero-order chi connectivity index (χ0) is 19.5. The Hall–Kier alpha value is -3.93. The third-order valence-electron chi connectivity index (χ3n) is 4.25. The summed E-state index contributed by atoms with van der Waals surface area (Å²) in [5.41, 5.74) is 1.74. The van der Waals surface area contributed by atoms with Crippen molar-refractivity contribution in [3.05, 3.63) is 88.4 Å². The van der Waals surface area contributed by atoms with Crippen molar-refractivity contribution >= 4 is 33.9 Å². The third-order valence-corrected chi connectivity index (χ3v) is 4.25. The van der Waals surface area contributed by atoms with Crippen LogP contribution in [0.3, 0.4) is 0 Å². The summed E-state index contributed by atoms with van der Waals surface area (Å²) in [6.07, 6.45) is 4.66. The summed E-state index contributed by atoms with van der Waals surface area (Å²) < 4.78 is 10.3. The van der Waals surface area contributed by atoms with Gasteiger partial charge in [-0.05, 0) is 24.3 Å². The largest absolute Gasteiger partial charge is 0.508 e. The summed E-state index contributed by atoms with van der Waals surface area (Å²) in [6.45, 7) is -0.0934. The molecule has 4 aromatic rings. The Kier molecular flexibility index (Phi) is 4.60. The molecule has 6 heteroatoms. The van der Waals surface area contributed by atoms with E-state index in [0.29, 0.717) is 10.9 Å². The number of esters is 1. The number of carbonyl (C=O) groups is 1. The van der Waals surface area contributed by atoms with Crippen LogP contribution in [-0.2, 0) is 16.1 Å². The molecule has 0 radical (unpaired) electrons. The van der Waals surface area contributed by atoms with Crippen molar-refractivity contribution in [1.82, 2.24) is 4.98 Å². The predicted molar refractivity (Wildman–Crippen MR) is 105 cm³/mol. The van der Waals surface area contributed by atoms with E-state index in [4.69, 9.17) is 9.15 Å². The maximum absolute atomic E-state index is 12.1. The van der Waals surface area contributed by atoms with Gasteiger partial charge in [0.1, 0.15) is 17.9 Å². The lowest BCUT2D eigenvalue weighted by Gasteiger charge is -2.06. The average molecular weight is 373 g/mol. The van der Waals surface area contributed by atoms with Gasteiger partial charge in [-0.1, -0.05) is 24.3 Å². The van der Waals surface area contributed by atoms with Crippen molar-refractivity contribution in [2.24, 2.45) is 0 Å². The number of nitrogens with zero attached hydrogens (tertiary/aromatic N) is 1. The van der Waals surface area contributed by atoms with Crippen molar-refractivity contribution in [2.45, 2.75) is 6.61 Å². The van der Waals surface area contributed by atoms with Crippen LogP contribution < -0.4 is 5.63 Å². The number of aromatic hydroxyl groups is 1. The molecule has 0 unspecified atom stereocenters. The van der Waals surface area contributed by atoms with Crippen molar-refractivity contribution in [2.75, 3.05) is 0 Å². The molecule has 0 spiro atoms. The number of hydrogen-bond donors (Lipinski definition) is 1. The van der Waals surface area contributed by atoms with Gasteiger partial charge in [0.2, 0.25) is 0 Å². The van der Waals surface area contributed by atoms with Gasteiger partial charge >= 0.3 is 11.6 Å². The molecule has 0 aliphatic rings. The van der Waals surface area contributed by atoms with Crippen LogP contribution in [0, 0.1) is 0 Å². The van der Waals surface area contributed by atoms with E-state index >= 15 is 0 Å². The van der Waals surface area contributed by atoms with Crippen LogP contribution in [0.25, 0.3) is 27.9 Å². The number of aromatic nitrogens is 1. The number of phenols is 1. The minimum atomic E-state index is -0.582. The predicted octanol–water partition coefficient (Wildman–Crippen LogP) is 3.80. The van der Waals surface area contributed by atoms with Crippen LogP contribution in [0.2, 0.25) is 0 Å². The molecule has 138 valence electrons. The van der Waals surface area contributed by atoms with Crippen molar-refractivity contribution in [3.8, 4) is 5.75 Å². The van der Waals surface area contributed by atoms with E-state index in [-0.39, 0.29) is 17.9 Å². The van der Waals surface area contributed by atoms with Crippen LogP contribution in [0.1, 0.15) is 11.1 Å². The molecule has 2 aromatic carbocycles. The average Bonchev–Trinajstić information content (AvgIpc) is 2.70. The molecule has 2 heterocycles. The summed E-state index contributed by atoms with van der Waals surface area (Å²) >= 11 is 0. The molecule has 0 aliphatic heterocycles. The quantitative estimate of drug-likeness (QED) is 0.332. The molecule has 0 aliphatic carbocycles. The van der Waals surface area contributed by atoms with E-state index in [1.807, 2.05) is 30.3 Å². The Morgan fingerprint density at radius 2 is 2.00 bits per heavy atom. The Morgan fingerprint density at radius 3 is 2.89 bits per heavy atom. The van der Waals surface area contributed by atoms with Crippen LogP contribution in [-0.4, -0.2) is 16.1 Å². The maximum Gasteiger partial charge on any atom is 0.336 e. The van der Waals surface area contributed by atoms with Crippen LogP contribution >= 0.6 is 0 Å². The Balaban J connectivity index is 1.53. The van der Waals surface area contributed by atoms with Crippen LogP contribution in [0.5, 0.6) is 5.75 Å². The first-order valence-corrected chi connectivity index (χ1v) is 8.54. The summed E-state index contributed by atoms with van der Waals surface area (Å²) in [5, 5.41) is 11.1. The summed E-state index contributed by atoms with van der Waals surface area (Å²) in [6, 6.07) is 15.2. The number of rotatable bonds is 4. The fourth-order valence-corrected chi connectivity index (χ4v) is 2.96. The number of ether oxygens (including phenoxy) is 1. The Morgan fingerprint density at radius 1 is 1.14 bits per heavy atom. The van der Waals surface area contributed by atoms with Gasteiger partial charge in [0, 0.05) is 46.3 Å². The van der Waals surface area contributed by atoms with Gasteiger partial charge in [0.05, 0.1) is 5.52 Å². The van der Waals surface area contributed by atoms with E-state index in [0.717, 1.165) is 16.5 Å². The molecular weight excluding hydrogens is 358 g/mol. The molecular formula is C22H15NO5. The highest BCUT2D eigenvalue weighted by atomic mass is 16.5. The topological polar surface area (TPSA) is 89.6 Å². The molecule has 0 amide bonds. The van der Waals surface area contributed by atoms with Crippen LogP contribution in [0.15, 0.2) is 76.1 Å². The first kappa shape index (κ1) is 17.5. The molecule has 0 saturated carbocycles. The monoisotopic (exact) mass is 373 g/mol. The summed E-state index contributed by atoms with van der Waals surface area (Å²) in [4.78, 5) is 28.2. The second kappa shape index (κ2) is 7.36. The van der Waals surface area contributed by atoms with E-state index in [9.17, 15) is 14.7 Å². The zero-order valence-electron chi connectivity index (χ0n) is 14.7. The first-order chi connectivity index (χ1) is 13.6. The minimum absolute atomic E-state index is 0.0172. The Labute approximate surface area is 159 Å². The van der Waals surface area contributed by atoms with Gasteiger partial charge in [0.25, 0.3) is 0 Å². The van der Waals surface area contributed by atoms with Gasteiger partial charge in [-0.2, -0.15) is 0 Å². The van der Waals surface area contributed by atoms with Crippen molar-refractivity contribution in [1.29, 1.82) is 0 Å². The Bertz CT molecular complexity index is 1270. The molecule has 6 nitrogen and oxygen atoms in total. The summed E-state index contributed by atoms with van der Waals surface area (Å²) in [5.74, 6) is -0.565. The van der Waals surface area contributed by atoms with Gasteiger partial charge in [-0.15, -0.1) is 0 Å². The number of para-hydroxylation sites is 1. The summed E-state index contributed by atoms with van der Waals surface area (Å²) in [7, 11) is 0. The molecule has 0 bridgehead atoms. The highest BCUT2D eigenvalue weighted by Gasteiger charge is 2.09. The molecule has 0 fully saturated rings. The fourth-order valence-electron chi connectivity index (χ4n) is 2.96. The van der Waals surface area contributed by atoms with Gasteiger partial charge in [0.15, 0.2) is 0 Å². The number of phenolic OH excluding ortho intramolecular Hbond substituents is 1. The number of benzene rings is 2. The normalized spacial score (nSPS) is 11.3. The number of pyridine rings is 1. The standard InChI is InChI=1S/C22H15NO5/c24-17-7-8-18-16(11-21(26)28-19(18)12-17)13-27-20(25)9-6-15-4-1-3-14-5-2-10-23-22(14)15/h1-12,24H,13H2/b9-6+. The highest BCUT2D eigenvalue weighted by molar-refractivity contribution is 5.93. The van der Waals surface area contributed by atoms with E-state index < -0.39 is 11.6 Å². The molecule has 0 atom stereocenters. The van der Waals surface area contributed by atoms with Gasteiger partial charge < -0.3 is 14.3 Å². The highest BCUT2D eigenvalue weighted by Crippen LogP contribution is 2.22. The van der Waals surface area contributed by atoms with E-state index in [2.05, 4.69) is 4.98 Å². The molecule has 2 aromatic heterocycles. The molecule has 0 saturated heterocycles. The lowest BCUT2D eigenvalue weighted by Crippen LogP contribution is -2.05. The molecule has 28 heavy (non-hydrogen) atoms. The van der Waals surface area contributed by atoms with E-state index in [1.165, 1.54) is 24.3 Å². The smallest absolute Gasteiger partial charge is 0.336 e. The van der Waals surface area contributed by atoms with Gasteiger partial charge in [-0.25, -0.2) is 9.59 Å². The lowest BCUT2D eigenvalue weighted by atomic mass is 10.1. The third kappa shape index (κ3) is 3.61. The molecule has 1 N–H and O–H groups in total. The van der Waals surface area contributed by atoms with Crippen molar-refractivity contribution < 1.29 is 19.1 Å². The number of hydrogen-bond acceptors (Lipinski definition) is 6. The van der Waals surface area contributed by atoms with Crippen molar-refractivity contribution in [3.63, 3.8) is 0 Å². The maximum atomic E-state index is 12.1. The number of carbonyl (C=O) groups excluding carboxylic acids is 1. The number of fused-ring (bicyclic) bond motifs is 2. The second-order valence-electron chi connectivity index (χ2n) is 6.13. The lowest BCUT2D eigenvalue weighted by molar-refractivity contribution is -0.138. The molecule has 4 rings (SSSR count).